The van der Waals surface area contributed by atoms with E-state index in [1.165, 1.54) is 7.11 Å². The fourth-order valence-corrected chi connectivity index (χ4v) is 0.519. The zero-order chi connectivity index (χ0) is 9.83. The van der Waals surface area contributed by atoms with Gasteiger partial charge in [-0.15, -0.1) is 0 Å². The minimum Gasteiger partial charge on any atom is -0.381 e. The SMILES string of the molecule is COC/C=C\C(F)(F)C(F)(F)Br. The van der Waals surface area contributed by atoms with Crippen LogP contribution in [-0.2, 0) is 4.74 Å². The molecule has 0 atom stereocenters. The second-order valence-electron chi connectivity index (χ2n) is 1.98. The summed E-state index contributed by atoms with van der Waals surface area (Å²) in [5.41, 5.74) is 0. The summed E-state index contributed by atoms with van der Waals surface area (Å²) in [6.07, 6.45) is 0.931. The van der Waals surface area contributed by atoms with Crippen molar-refractivity contribution in [2.75, 3.05) is 13.7 Å². The van der Waals surface area contributed by atoms with Crippen LogP contribution in [0, 0.1) is 0 Å². The molecule has 0 N–H and O–H groups in total. The zero-order valence-corrected chi connectivity index (χ0v) is 7.75. The molecule has 0 aliphatic heterocycles. The third kappa shape index (κ3) is 3.53. The van der Waals surface area contributed by atoms with Crippen LogP contribution in [0.1, 0.15) is 0 Å². The Bertz CT molecular complexity index is 163. The van der Waals surface area contributed by atoms with E-state index in [9.17, 15) is 17.6 Å². The molecule has 0 unspecified atom stereocenters. The lowest BCUT2D eigenvalue weighted by atomic mass is 10.3. The van der Waals surface area contributed by atoms with Gasteiger partial charge < -0.3 is 4.74 Å². The molecular formula is C6H7BrF4O. The number of hydrogen-bond acceptors (Lipinski definition) is 1. The Labute approximate surface area is 75.5 Å². The lowest BCUT2D eigenvalue weighted by Crippen LogP contribution is -2.32. The Morgan fingerprint density at radius 2 is 1.83 bits per heavy atom. The highest BCUT2D eigenvalue weighted by molar-refractivity contribution is 9.10. The number of rotatable bonds is 4. The van der Waals surface area contributed by atoms with Gasteiger partial charge in [-0.2, -0.15) is 17.6 Å². The summed E-state index contributed by atoms with van der Waals surface area (Å²) >= 11 is 1.58. The maximum atomic E-state index is 12.3. The van der Waals surface area contributed by atoms with Gasteiger partial charge in [-0.1, -0.05) is 6.08 Å². The molecular weight excluding hydrogens is 244 g/mol. The Morgan fingerprint density at radius 3 is 2.17 bits per heavy atom. The number of halogens is 5. The molecule has 0 aliphatic rings. The highest BCUT2D eigenvalue weighted by Crippen LogP contribution is 2.40. The number of alkyl halides is 5. The van der Waals surface area contributed by atoms with Crippen LogP contribution >= 0.6 is 15.9 Å². The third-order valence-corrected chi connectivity index (χ3v) is 1.50. The molecule has 0 heterocycles. The fraction of sp³-hybridized carbons (Fsp3) is 0.667. The molecule has 0 saturated carbocycles. The minimum absolute atomic E-state index is 0.102. The zero-order valence-electron chi connectivity index (χ0n) is 6.16. The van der Waals surface area contributed by atoms with E-state index in [1.54, 1.807) is 15.9 Å². The van der Waals surface area contributed by atoms with Crippen molar-refractivity contribution in [1.82, 2.24) is 0 Å². The Morgan fingerprint density at radius 1 is 1.33 bits per heavy atom. The summed E-state index contributed by atoms with van der Waals surface area (Å²) in [5, 5.41) is 0. The van der Waals surface area contributed by atoms with Gasteiger partial charge in [0.25, 0.3) is 0 Å². The van der Waals surface area contributed by atoms with Crippen molar-refractivity contribution in [3.8, 4) is 0 Å². The summed E-state index contributed by atoms with van der Waals surface area (Å²) in [7, 11) is 1.27. The van der Waals surface area contributed by atoms with Gasteiger partial charge in [-0.25, -0.2) is 0 Å². The van der Waals surface area contributed by atoms with Crippen molar-refractivity contribution in [3.63, 3.8) is 0 Å². The average molecular weight is 251 g/mol. The smallest absolute Gasteiger partial charge is 0.367 e. The molecule has 0 aromatic rings. The van der Waals surface area contributed by atoms with Gasteiger partial charge >= 0.3 is 10.8 Å². The van der Waals surface area contributed by atoms with Crippen molar-refractivity contribution in [2.24, 2.45) is 0 Å². The topological polar surface area (TPSA) is 9.23 Å². The summed E-state index contributed by atoms with van der Waals surface area (Å²) in [4.78, 5) is -4.22. The second kappa shape index (κ2) is 4.23. The van der Waals surface area contributed by atoms with Crippen LogP contribution in [0.2, 0.25) is 0 Å². The largest absolute Gasteiger partial charge is 0.381 e. The van der Waals surface area contributed by atoms with Crippen LogP contribution in [0.3, 0.4) is 0 Å². The van der Waals surface area contributed by atoms with Gasteiger partial charge in [0.05, 0.1) is 6.61 Å². The van der Waals surface area contributed by atoms with Crippen molar-refractivity contribution < 1.29 is 22.3 Å². The van der Waals surface area contributed by atoms with E-state index in [4.69, 9.17) is 0 Å². The molecule has 72 valence electrons. The molecule has 1 nitrogen and oxygen atoms in total. The summed E-state index contributed by atoms with van der Waals surface area (Å²) in [6, 6.07) is 0. The van der Waals surface area contributed by atoms with Gasteiger partial charge in [-0.05, 0) is 22.0 Å². The second-order valence-corrected chi connectivity index (χ2v) is 2.97. The lowest BCUT2D eigenvalue weighted by molar-refractivity contribution is -0.111. The molecule has 0 radical (unpaired) electrons. The summed E-state index contributed by atoms with van der Waals surface area (Å²) < 4.78 is 53.0. The van der Waals surface area contributed by atoms with Crippen LogP contribution in [0.25, 0.3) is 0 Å². The molecule has 0 amide bonds. The molecule has 0 aromatic heterocycles. The van der Waals surface area contributed by atoms with Crippen molar-refractivity contribution in [2.45, 2.75) is 10.8 Å². The molecule has 0 aliphatic carbocycles. The molecule has 0 spiro atoms. The number of allylic oxidation sites excluding steroid dienone is 1. The van der Waals surface area contributed by atoms with Gasteiger partial charge in [0.15, 0.2) is 0 Å². The quantitative estimate of drug-likeness (QED) is 0.424. The van der Waals surface area contributed by atoms with Crippen LogP contribution in [-0.4, -0.2) is 24.5 Å². The van der Waals surface area contributed by atoms with Crippen molar-refractivity contribution in [3.05, 3.63) is 12.2 Å². The van der Waals surface area contributed by atoms with E-state index in [1.807, 2.05) is 0 Å². The standard InChI is InChI=1S/C6H7BrF4O/c1-12-4-2-3-5(8,9)6(7,10)11/h2-3H,4H2,1H3/b3-2-. The Balaban J connectivity index is 4.22. The van der Waals surface area contributed by atoms with Crippen molar-refractivity contribution in [1.29, 1.82) is 0 Å². The van der Waals surface area contributed by atoms with Crippen LogP contribution in [0.5, 0.6) is 0 Å². The number of hydrogen-bond donors (Lipinski definition) is 0. The number of methoxy groups -OCH3 is 1. The summed E-state index contributed by atoms with van der Waals surface area (Å²) in [5.74, 6) is -4.19. The molecule has 0 bridgehead atoms. The molecule has 0 aromatic carbocycles. The molecule has 0 rings (SSSR count). The predicted octanol–water partition coefficient (Wildman–Crippen LogP) is 2.81. The first-order valence-corrected chi connectivity index (χ1v) is 3.72. The molecule has 6 heteroatoms. The van der Waals surface area contributed by atoms with E-state index in [-0.39, 0.29) is 12.7 Å². The predicted molar refractivity (Wildman–Crippen MR) is 39.8 cm³/mol. The van der Waals surface area contributed by atoms with E-state index in [0.717, 1.165) is 6.08 Å². The monoisotopic (exact) mass is 250 g/mol. The maximum absolute atomic E-state index is 12.3. The normalized spacial score (nSPS) is 14.2. The van der Waals surface area contributed by atoms with Crippen molar-refractivity contribution >= 4 is 15.9 Å². The van der Waals surface area contributed by atoms with Gasteiger partial charge in [0.2, 0.25) is 0 Å². The molecule has 12 heavy (non-hydrogen) atoms. The Hall–Kier alpha value is -0.100. The number of ether oxygens (including phenoxy) is 1. The average Bonchev–Trinajstić information content (AvgIpc) is 1.85. The van der Waals surface area contributed by atoms with Gasteiger partial charge in [-0.3, -0.25) is 0 Å². The van der Waals surface area contributed by atoms with E-state index < -0.39 is 10.8 Å². The third-order valence-electron chi connectivity index (χ3n) is 0.968. The van der Waals surface area contributed by atoms with E-state index in [0.29, 0.717) is 0 Å². The first-order chi connectivity index (χ1) is 5.31. The minimum atomic E-state index is -4.22. The maximum Gasteiger partial charge on any atom is 0.367 e. The van der Waals surface area contributed by atoms with Crippen LogP contribution in [0.4, 0.5) is 17.6 Å². The highest BCUT2D eigenvalue weighted by Gasteiger charge is 2.51. The van der Waals surface area contributed by atoms with Gasteiger partial charge in [0, 0.05) is 7.11 Å². The highest BCUT2D eigenvalue weighted by atomic mass is 79.9. The van der Waals surface area contributed by atoms with E-state index in [2.05, 4.69) is 4.74 Å². The van der Waals surface area contributed by atoms with E-state index >= 15 is 0 Å². The van der Waals surface area contributed by atoms with Crippen LogP contribution in [0.15, 0.2) is 12.2 Å². The van der Waals surface area contributed by atoms with Gasteiger partial charge in [0.1, 0.15) is 0 Å². The first kappa shape index (κ1) is 11.9. The Kier molecular flexibility index (Phi) is 4.19. The first-order valence-electron chi connectivity index (χ1n) is 2.92. The fourth-order valence-electron chi connectivity index (χ4n) is 0.387. The summed E-state index contributed by atoms with van der Waals surface area (Å²) in [6.45, 7) is -0.126. The van der Waals surface area contributed by atoms with Crippen LogP contribution < -0.4 is 0 Å². The lowest BCUT2D eigenvalue weighted by Gasteiger charge is -2.17. The molecule has 0 fully saturated rings. The molecule has 0 saturated heterocycles.